The third-order valence-electron chi connectivity index (χ3n) is 2.84. The highest BCUT2D eigenvalue weighted by Gasteiger charge is 2.12. The number of benzene rings is 1. The summed E-state index contributed by atoms with van der Waals surface area (Å²) in [5.41, 5.74) is 0.915. The number of rotatable bonds is 7. The van der Waals surface area contributed by atoms with Crippen molar-refractivity contribution in [2.24, 2.45) is 5.92 Å². The molecule has 0 spiro atoms. The summed E-state index contributed by atoms with van der Waals surface area (Å²) in [5, 5.41) is 10.2. The molecule has 0 radical (unpaired) electrons. The number of hydrogen-bond donors (Lipinski definition) is 1. The van der Waals surface area contributed by atoms with E-state index in [2.05, 4.69) is 13.8 Å². The minimum absolute atomic E-state index is 0.406. The van der Waals surface area contributed by atoms with E-state index in [1.807, 2.05) is 31.2 Å². The molecule has 2 heteroatoms. The molecule has 1 N–H and O–H groups in total. The van der Waals surface area contributed by atoms with Crippen molar-refractivity contribution >= 4 is 0 Å². The predicted molar refractivity (Wildman–Crippen MR) is 71.3 cm³/mol. The van der Waals surface area contributed by atoms with Crippen molar-refractivity contribution < 1.29 is 9.84 Å². The topological polar surface area (TPSA) is 29.5 Å². The van der Waals surface area contributed by atoms with Crippen molar-refractivity contribution in [2.45, 2.75) is 46.1 Å². The van der Waals surface area contributed by atoms with E-state index in [1.165, 1.54) is 0 Å². The maximum Gasteiger partial charge on any atom is 0.125 e. The highest BCUT2D eigenvalue weighted by molar-refractivity contribution is 5.34. The molecule has 1 aromatic rings. The number of aliphatic hydroxyl groups is 1. The lowest BCUT2D eigenvalue weighted by atomic mass is 9.99. The lowest BCUT2D eigenvalue weighted by molar-refractivity contribution is 0.156. The molecule has 0 fully saturated rings. The molecule has 1 atom stereocenters. The molecule has 1 unspecified atom stereocenters. The minimum atomic E-state index is -0.406. The highest BCUT2D eigenvalue weighted by Crippen LogP contribution is 2.28. The van der Waals surface area contributed by atoms with E-state index in [-0.39, 0.29) is 0 Å². The molecule has 0 aliphatic carbocycles. The van der Waals surface area contributed by atoms with Gasteiger partial charge in [0, 0.05) is 5.56 Å². The Morgan fingerprint density at radius 3 is 2.53 bits per heavy atom. The van der Waals surface area contributed by atoms with Crippen LogP contribution in [0.2, 0.25) is 0 Å². The zero-order valence-electron chi connectivity index (χ0n) is 11.1. The van der Waals surface area contributed by atoms with Gasteiger partial charge in [0.15, 0.2) is 0 Å². The monoisotopic (exact) mass is 236 g/mol. The molecule has 0 heterocycles. The van der Waals surface area contributed by atoms with Gasteiger partial charge in [-0.3, -0.25) is 0 Å². The van der Waals surface area contributed by atoms with E-state index in [1.54, 1.807) is 0 Å². The molecule has 0 saturated carbocycles. The Kier molecular flexibility index (Phi) is 6.06. The maximum absolute atomic E-state index is 10.2. The fraction of sp³-hybridized carbons (Fsp3) is 0.600. The van der Waals surface area contributed by atoms with E-state index in [4.69, 9.17) is 4.74 Å². The Morgan fingerprint density at radius 1 is 1.18 bits per heavy atom. The van der Waals surface area contributed by atoms with Crippen LogP contribution in [0, 0.1) is 5.92 Å². The zero-order chi connectivity index (χ0) is 12.7. The van der Waals surface area contributed by atoms with Crippen LogP contribution < -0.4 is 4.74 Å². The third-order valence-corrected chi connectivity index (χ3v) is 2.84. The molecular formula is C15H24O2. The van der Waals surface area contributed by atoms with Crippen LogP contribution >= 0.6 is 0 Å². The van der Waals surface area contributed by atoms with Crippen LogP contribution in [0.4, 0.5) is 0 Å². The van der Waals surface area contributed by atoms with Gasteiger partial charge in [-0.05, 0) is 25.3 Å². The van der Waals surface area contributed by atoms with Crippen molar-refractivity contribution in [3.05, 3.63) is 29.8 Å². The van der Waals surface area contributed by atoms with Gasteiger partial charge in [0.05, 0.1) is 12.7 Å². The fourth-order valence-electron chi connectivity index (χ4n) is 1.92. The van der Waals surface area contributed by atoms with E-state index in [0.717, 1.165) is 30.6 Å². The Balaban J connectivity index is 2.58. The van der Waals surface area contributed by atoms with E-state index < -0.39 is 6.10 Å². The average molecular weight is 236 g/mol. The van der Waals surface area contributed by atoms with E-state index >= 15 is 0 Å². The first-order chi connectivity index (χ1) is 8.15. The Labute approximate surface area is 105 Å². The second kappa shape index (κ2) is 7.33. The molecule has 0 aliphatic rings. The van der Waals surface area contributed by atoms with Gasteiger partial charge in [-0.2, -0.15) is 0 Å². The van der Waals surface area contributed by atoms with Crippen LogP contribution in [-0.2, 0) is 0 Å². The molecule has 1 rings (SSSR count). The van der Waals surface area contributed by atoms with Crippen molar-refractivity contribution in [2.75, 3.05) is 6.61 Å². The standard InChI is InChI=1S/C15H24O2/c1-4-17-15-11-6-5-9-13(15)14(16)10-7-8-12(2)3/h5-6,9,11-12,14,16H,4,7-8,10H2,1-3H3. The molecule has 96 valence electrons. The van der Waals surface area contributed by atoms with Gasteiger partial charge in [0.25, 0.3) is 0 Å². The first-order valence-corrected chi connectivity index (χ1v) is 6.55. The third kappa shape index (κ3) is 4.78. The normalized spacial score (nSPS) is 12.8. The van der Waals surface area contributed by atoms with Gasteiger partial charge < -0.3 is 9.84 Å². The van der Waals surface area contributed by atoms with Crippen molar-refractivity contribution in [1.29, 1.82) is 0 Å². The van der Waals surface area contributed by atoms with Crippen LogP contribution in [0.15, 0.2) is 24.3 Å². The number of hydrogen-bond acceptors (Lipinski definition) is 2. The van der Waals surface area contributed by atoms with Gasteiger partial charge in [-0.1, -0.05) is 44.9 Å². The first kappa shape index (κ1) is 14.0. The Morgan fingerprint density at radius 2 is 1.88 bits per heavy atom. The average Bonchev–Trinajstić information content (AvgIpc) is 2.29. The fourth-order valence-corrected chi connectivity index (χ4v) is 1.92. The van der Waals surface area contributed by atoms with Crippen LogP contribution in [0.25, 0.3) is 0 Å². The van der Waals surface area contributed by atoms with Gasteiger partial charge in [-0.15, -0.1) is 0 Å². The lowest BCUT2D eigenvalue weighted by Crippen LogP contribution is -2.03. The smallest absolute Gasteiger partial charge is 0.125 e. The molecule has 0 aromatic heterocycles. The van der Waals surface area contributed by atoms with E-state index in [0.29, 0.717) is 12.5 Å². The Hall–Kier alpha value is -1.02. The Bertz CT molecular complexity index is 320. The highest BCUT2D eigenvalue weighted by atomic mass is 16.5. The number of ether oxygens (including phenoxy) is 1. The quantitative estimate of drug-likeness (QED) is 0.777. The molecule has 0 amide bonds. The number of aliphatic hydroxyl groups excluding tert-OH is 1. The summed E-state index contributed by atoms with van der Waals surface area (Å²) in [5.74, 6) is 1.51. The van der Waals surface area contributed by atoms with Gasteiger partial charge in [0.2, 0.25) is 0 Å². The second-order valence-corrected chi connectivity index (χ2v) is 4.81. The SMILES string of the molecule is CCOc1ccccc1C(O)CCCC(C)C. The minimum Gasteiger partial charge on any atom is -0.493 e. The van der Waals surface area contributed by atoms with Gasteiger partial charge in [0.1, 0.15) is 5.75 Å². The molecular weight excluding hydrogens is 212 g/mol. The second-order valence-electron chi connectivity index (χ2n) is 4.81. The lowest BCUT2D eigenvalue weighted by Gasteiger charge is -2.16. The van der Waals surface area contributed by atoms with Gasteiger partial charge in [-0.25, -0.2) is 0 Å². The van der Waals surface area contributed by atoms with Crippen molar-refractivity contribution in [1.82, 2.24) is 0 Å². The summed E-state index contributed by atoms with van der Waals surface area (Å²) >= 11 is 0. The molecule has 17 heavy (non-hydrogen) atoms. The van der Waals surface area contributed by atoms with Crippen molar-refractivity contribution in [3.8, 4) is 5.75 Å². The summed E-state index contributed by atoms with van der Waals surface area (Å²) in [6, 6.07) is 7.76. The largest absolute Gasteiger partial charge is 0.493 e. The van der Waals surface area contributed by atoms with Crippen LogP contribution in [0.3, 0.4) is 0 Å². The summed E-state index contributed by atoms with van der Waals surface area (Å²) in [6.45, 7) is 7.01. The summed E-state index contributed by atoms with van der Waals surface area (Å²) < 4.78 is 5.53. The zero-order valence-corrected chi connectivity index (χ0v) is 11.1. The summed E-state index contributed by atoms with van der Waals surface area (Å²) in [6.07, 6.45) is 2.62. The molecule has 0 bridgehead atoms. The molecule has 2 nitrogen and oxygen atoms in total. The maximum atomic E-state index is 10.2. The predicted octanol–water partition coefficient (Wildman–Crippen LogP) is 3.95. The van der Waals surface area contributed by atoms with E-state index in [9.17, 15) is 5.11 Å². The van der Waals surface area contributed by atoms with Crippen LogP contribution in [0.5, 0.6) is 5.75 Å². The first-order valence-electron chi connectivity index (χ1n) is 6.55. The van der Waals surface area contributed by atoms with Crippen LogP contribution in [-0.4, -0.2) is 11.7 Å². The van der Waals surface area contributed by atoms with Crippen molar-refractivity contribution in [3.63, 3.8) is 0 Å². The summed E-state index contributed by atoms with van der Waals surface area (Å²) in [4.78, 5) is 0. The van der Waals surface area contributed by atoms with Crippen LogP contribution in [0.1, 0.15) is 51.7 Å². The molecule has 1 aromatic carbocycles. The summed E-state index contributed by atoms with van der Waals surface area (Å²) in [7, 11) is 0. The molecule has 0 saturated heterocycles. The van der Waals surface area contributed by atoms with Gasteiger partial charge >= 0.3 is 0 Å². The number of para-hydroxylation sites is 1. The molecule has 0 aliphatic heterocycles.